The van der Waals surface area contributed by atoms with Crippen molar-refractivity contribution in [2.24, 2.45) is 28.8 Å². The molecule has 4 rings (SSSR count). The average molecular weight is 354 g/mol. The molecule has 1 heterocycles. The van der Waals surface area contributed by atoms with E-state index in [4.69, 9.17) is 9.47 Å². The highest BCUT2D eigenvalue weighted by atomic mass is 16.5. The van der Waals surface area contributed by atoms with Gasteiger partial charge in [0, 0.05) is 0 Å². The minimum Gasteiger partial charge on any atom is -0.493 e. The fourth-order valence-corrected chi connectivity index (χ4v) is 4.24. The first-order valence-corrected chi connectivity index (χ1v) is 8.94. The molecule has 4 atom stereocenters. The highest BCUT2D eigenvalue weighted by Gasteiger charge is 2.59. The van der Waals surface area contributed by atoms with Crippen molar-refractivity contribution in [2.75, 3.05) is 7.11 Å². The van der Waals surface area contributed by atoms with E-state index in [0.717, 1.165) is 17.0 Å². The fraction of sp³-hybridized carbons (Fsp3) is 0.450. The van der Waals surface area contributed by atoms with Crippen LogP contribution in [0.5, 0.6) is 11.5 Å². The van der Waals surface area contributed by atoms with Crippen LogP contribution < -0.4 is 9.47 Å². The number of amides is 2. The number of hydrazone groups is 1. The number of rotatable bonds is 5. The van der Waals surface area contributed by atoms with Gasteiger partial charge in [-0.25, -0.2) is 0 Å². The van der Waals surface area contributed by atoms with Gasteiger partial charge in [0.15, 0.2) is 11.5 Å². The molecule has 1 saturated heterocycles. The highest BCUT2D eigenvalue weighted by molar-refractivity contribution is 6.06. The zero-order chi connectivity index (χ0) is 18.4. The third-order valence-corrected chi connectivity index (χ3v) is 5.32. The molecule has 1 saturated carbocycles. The van der Waals surface area contributed by atoms with Gasteiger partial charge in [-0.05, 0) is 55.9 Å². The van der Waals surface area contributed by atoms with E-state index < -0.39 is 0 Å². The van der Waals surface area contributed by atoms with E-state index in [1.807, 2.05) is 19.9 Å². The third-order valence-electron chi connectivity index (χ3n) is 5.32. The first-order chi connectivity index (χ1) is 12.5. The molecule has 2 amide bonds. The molecule has 1 aliphatic heterocycles. The zero-order valence-corrected chi connectivity index (χ0v) is 15.1. The largest absolute Gasteiger partial charge is 0.493 e. The molecule has 0 aromatic heterocycles. The topological polar surface area (TPSA) is 68.2 Å². The number of allylic oxidation sites excluding steroid dienone is 2. The van der Waals surface area contributed by atoms with Gasteiger partial charge in [0.25, 0.3) is 11.8 Å². The van der Waals surface area contributed by atoms with Crippen LogP contribution in [0, 0.1) is 23.7 Å². The summed E-state index contributed by atoms with van der Waals surface area (Å²) in [5.41, 5.74) is 0.733. The summed E-state index contributed by atoms with van der Waals surface area (Å²) in [6.45, 7) is 3.89. The first kappa shape index (κ1) is 16.8. The third kappa shape index (κ3) is 2.60. The fourth-order valence-electron chi connectivity index (χ4n) is 4.24. The Morgan fingerprint density at radius 2 is 1.77 bits per heavy atom. The predicted octanol–water partition coefficient (Wildman–Crippen LogP) is 2.62. The molecule has 3 aliphatic rings. The summed E-state index contributed by atoms with van der Waals surface area (Å²) in [5.74, 6) is 0.783. The van der Waals surface area contributed by atoms with Crippen molar-refractivity contribution in [1.29, 1.82) is 0 Å². The lowest BCUT2D eigenvalue weighted by Crippen LogP contribution is -2.28. The number of fused-ring (bicyclic) bond motifs is 5. The van der Waals surface area contributed by atoms with Gasteiger partial charge in [0.2, 0.25) is 0 Å². The minimum atomic E-state index is -0.231. The second kappa shape index (κ2) is 6.27. The Balaban J connectivity index is 1.54. The Morgan fingerprint density at radius 1 is 1.12 bits per heavy atom. The Hall–Kier alpha value is -2.63. The lowest BCUT2D eigenvalue weighted by Gasteiger charge is -2.14. The predicted molar refractivity (Wildman–Crippen MR) is 95.9 cm³/mol. The van der Waals surface area contributed by atoms with Crippen molar-refractivity contribution in [2.45, 2.75) is 26.4 Å². The molecule has 6 nitrogen and oxygen atoms in total. The SMILES string of the molecule is COc1cc(C=NN2C(=O)C3C4C=CC(C4)C3C2=O)ccc1OC(C)C. The number of carbonyl (C=O) groups is 2. The number of ether oxygens (including phenoxy) is 2. The molecule has 4 unspecified atom stereocenters. The van der Waals surface area contributed by atoms with Crippen molar-refractivity contribution >= 4 is 18.0 Å². The van der Waals surface area contributed by atoms with Crippen LogP contribution in [-0.4, -0.2) is 36.3 Å². The molecular weight excluding hydrogens is 332 g/mol. The lowest BCUT2D eigenvalue weighted by molar-refractivity contribution is -0.140. The molecule has 136 valence electrons. The summed E-state index contributed by atoms with van der Waals surface area (Å²) >= 11 is 0. The van der Waals surface area contributed by atoms with Crippen LogP contribution in [0.4, 0.5) is 0 Å². The van der Waals surface area contributed by atoms with Crippen molar-refractivity contribution in [3.8, 4) is 11.5 Å². The van der Waals surface area contributed by atoms with E-state index in [1.165, 1.54) is 6.21 Å². The molecule has 2 aliphatic carbocycles. The smallest absolute Gasteiger partial charge is 0.254 e. The van der Waals surface area contributed by atoms with Crippen LogP contribution in [0.3, 0.4) is 0 Å². The molecule has 2 fully saturated rings. The Bertz CT molecular complexity index is 784. The van der Waals surface area contributed by atoms with Crippen LogP contribution in [0.25, 0.3) is 0 Å². The molecule has 1 aromatic rings. The minimum absolute atomic E-state index is 0.0339. The van der Waals surface area contributed by atoms with Crippen molar-refractivity contribution < 1.29 is 19.1 Å². The maximum Gasteiger partial charge on any atom is 0.254 e. The lowest BCUT2D eigenvalue weighted by atomic mass is 9.85. The summed E-state index contributed by atoms with van der Waals surface area (Å²) in [5, 5.41) is 5.23. The standard InChI is InChI=1S/C20H22N2O4/c1-11(2)26-15-7-4-12(8-16(15)25-3)10-21-22-19(23)17-13-5-6-14(9-13)18(17)20(22)24/h4-8,10-11,13-14,17-18H,9H2,1-3H3. The molecule has 2 bridgehead atoms. The average Bonchev–Trinajstić information content (AvgIpc) is 3.28. The summed E-state index contributed by atoms with van der Waals surface area (Å²) in [4.78, 5) is 25.2. The molecular formula is C20H22N2O4. The van der Waals surface area contributed by atoms with Crippen LogP contribution in [0.2, 0.25) is 0 Å². The number of carbonyl (C=O) groups excluding carboxylic acids is 2. The van der Waals surface area contributed by atoms with E-state index >= 15 is 0 Å². The number of hydrogen-bond acceptors (Lipinski definition) is 5. The molecule has 0 spiro atoms. The summed E-state index contributed by atoms with van der Waals surface area (Å²) in [6.07, 6.45) is 6.62. The zero-order valence-electron chi connectivity index (χ0n) is 15.1. The van der Waals surface area contributed by atoms with Gasteiger partial charge in [-0.15, -0.1) is 0 Å². The normalized spacial score (nSPS) is 29.3. The number of hydrogen-bond donors (Lipinski definition) is 0. The van der Waals surface area contributed by atoms with Gasteiger partial charge in [-0.3, -0.25) is 9.59 Å². The maximum atomic E-state index is 12.6. The Kier molecular flexibility index (Phi) is 4.05. The number of imide groups is 1. The van der Waals surface area contributed by atoms with E-state index in [9.17, 15) is 9.59 Å². The molecule has 0 radical (unpaired) electrons. The maximum absolute atomic E-state index is 12.6. The van der Waals surface area contributed by atoms with E-state index in [-0.39, 0.29) is 41.6 Å². The van der Waals surface area contributed by atoms with E-state index in [1.54, 1.807) is 19.2 Å². The van der Waals surface area contributed by atoms with Gasteiger partial charge in [0.1, 0.15) is 0 Å². The van der Waals surface area contributed by atoms with Gasteiger partial charge >= 0.3 is 0 Å². The van der Waals surface area contributed by atoms with Gasteiger partial charge in [0.05, 0.1) is 31.3 Å². The molecule has 0 N–H and O–H groups in total. The number of benzene rings is 1. The van der Waals surface area contributed by atoms with E-state index in [2.05, 4.69) is 17.3 Å². The first-order valence-electron chi connectivity index (χ1n) is 8.94. The number of methoxy groups -OCH3 is 1. The summed E-state index contributed by atoms with van der Waals surface area (Å²) in [7, 11) is 1.57. The van der Waals surface area contributed by atoms with Crippen LogP contribution >= 0.6 is 0 Å². The highest BCUT2D eigenvalue weighted by Crippen LogP contribution is 2.52. The van der Waals surface area contributed by atoms with Crippen molar-refractivity contribution in [1.82, 2.24) is 5.01 Å². The van der Waals surface area contributed by atoms with Gasteiger partial charge in [-0.2, -0.15) is 10.1 Å². The summed E-state index contributed by atoms with van der Waals surface area (Å²) in [6, 6.07) is 5.39. The quantitative estimate of drug-likeness (QED) is 0.463. The second-order valence-electron chi connectivity index (χ2n) is 7.31. The van der Waals surface area contributed by atoms with Gasteiger partial charge in [-0.1, -0.05) is 12.2 Å². The summed E-state index contributed by atoms with van der Waals surface area (Å²) < 4.78 is 11.0. The Morgan fingerprint density at radius 3 is 2.35 bits per heavy atom. The van der Waals surface area contributed by atoms with Crippen LogP contribution in [-0.2, 0) is 9.59 Å². The van der Waals surface area contributed by atoms with Crippen LogP contribution in [0.1, 0.15) is 25.8 Å². The van der Waals surface area contributed by atoms with Gasteiger partial charge < -0.3 is 9.47 Å². The van der Waals surface area contributed by atoms with Crippen LogP contribution in [0.15, 0.2) is 35.5 Å². The monoisotopic (exact) mass is 354 g/mol. The molecule has 1 aromatic carbocycles. The molecule has 6 heteroatoms. The Labute approximate surface area is 152 Å². The number of nitrogens with zero attached hydrogens (tertiary/aromatic N) is 2. The van der Waals surface area contributed by atoms with E-state index in [0.29, 0.717) is 11.5 Å². The molecule has 26 heavy (non-hydrogen) atoms. The van der Waals surface area contributed by atoms with Crippen molar-refractivity contribution in [3.05, 3.63) is 35.9 Å². The second-order valence-corrected chi connectivity index (χ2v) is 7.31. The van der Waals surface area contributed by atoms with Crippen molar-refractivity contribution in [3.63, 3.8) is 0 Å².